The van der Waals surface area contributed by atoms with Gasteiger partial charge in [0.2, 0.25) is 5.91 Å². The minimum atomic E-state index is -0.923. The quantitative estimate of drug-likeness (QED) is 0.908. The average Bonchev–Trinajstić information content (AvgIpc) is 2.44. The second kappa shape index (κ2) is 5.43. The highest BCUT2D eigenvalue weighted by Crippen LogP contribution is 2.22. The van der Waals surface area contributed by atoms with E-state index in [0.29, 0.717) is 6.54 Å². The fraction of sp³-hybridized carbons (Fsp3) is 0.467. The highest BCUT2D eigenvalue weighted by atomic mass is 16.4. The molecule has 0 radical (unpaired) electrons. The first kappa shape index (κ1) is 13.6. The van der Waals surface area contributed by atoms with Crippen LogP contribution in [0.4, 0.5) is 0 Å². The van der Waals surface area contributed by atoms with E-state index < -0.39 is 5.97 Å². The fourth-order valence-corrected chi connectivity index (χ4v) is 2.36. The second-order valence-electron chi connectivity index (χ2n) is 5.11. The molecule has 1 aliphatic rings. The van der Waals surface area contributed by atoms with Crippen molar-refractivity contribution >= 4 is 11.9 Å². The summed E-state index contributed by atoms with van der Waals surface area (Å²) in [6, 6.07) is 5.19. The Balaban J connectivity index is 2.20. The Labute approximate surface area is 113 Å². The molecule has 0 spiro atoms. The number of nitrogens with zero attached hydrogens (tertiary/aromatic N) is 1. The van der Waals surface area contributed by atoms with Crippen LogP contribution in [0, 0.1) is 5.92 Å². The zero-order chi connectivity index (χ0) is 14.0. The second-order valence-corrected chi connectivity index (χ2v) is 5.11. The molecule has 1 amide bonds. The standard InChI is InChI=1S/C15H19NO3/c1-3-10(2)14(17)16-7-6-11-4-5-12(15(18)19)8-13(11)9-16/h4-5,8,10H,3,6-7,9H2,1-2H3,(H,18,19). The molecule has 1 atom stereocenters. The summed E-state index contributed by atoms with van der Waals surface area (Å²) in [6.07, 6.45) is 1.63. The van der Waals surface area contributed by atoms with Crippen molar-refractivity contribution in [1.82, 2.24) is 4.90 Å². The molecule has 1 aliphatic heterocycles. The number of carboxylic acid groups (broad SMARTS) is 1. The van der Waals surface area contributed by atoms with E-state index in [9.17, 15) is 9.59 Å². The number of rotatable bonds is 3. The van der Waals surface area contributed by atoms with E-state index in [4.69, 9.17) is 5.11 Å². The summed E-state index contributed by atoms with van der Waals surface area (Å²) < 4.78 is 0. The van der Waals surface area contributed by atoms with Gasteiger partial charge < -0.3 is 10.0 Å². The molecule has 0 saturated carbocycles. The van der Waals surface area contributed by atoms with Gasteiger partial charge in [-0.25, -0.2) is 4.79 Å². The summed E-state index contributed by atoms with van der Waals surface area (Å²) in [5.41, 5.74) is 2.40. The van der Waals surface area contributed by atoms with Crippen LogP contribution in [0.15, 0.2) is 18.2 Å². The molecule has 1 heterocycles. The van der Waals surface area contributed by atoms with Gasteiger partial charge in [0.15, 0.2) is 0 Å². The summed E-state index contributed by atoms with van der Waals surface area (Å²) >= 11 is 0. The van der Waals surface area contributed by atoms with E-state index >= 15 is 0 Å². The van der Waals surface area contributed by atoms with Crippen LogP contribution < -0.4 is 0 Å². The van der Waals surface area contributed by atoms with Gasteiger partial charge in [0.1, 0.15) is 0 Å². The molecule has 1 N–H and O–H groups in total. The Morgan fingerprint density at radius 3 is 2.74 bits per heavy atom. The third-order valence-corrected chi connectivity index (χ3v) is 3.81. The molecule has 0 fully saturated rings. The smallest absolute Gasteiger partial charge is 0.335 e. The maximum Gasteiger partial charge on any atom is 0.335 e. The van der Waals surface area contributed by atoms with Crippen molar-refractivity contribution in [3.8, 4) is 0 Å². The lowest BCUT2D eigenvalue weighted by atomic mass is 9.96. The van der Waals surface area contributed by atoms with E-state index in [-0.39, 0.29) is 17.4 Å². The lowest BCUT2D eigenvalue weighted by Crippen LogP contribution is -2.39. The number of carbonyl (C=O) groups excluding carboxylic acids is 1. The van der Waals surface area contributed by atoms with E-state index in [1.165, 1.54) is 0 Å². The van der Waals surface area contributed by atoms with Crippen LogP contribution in [0.5, 0.6) is 0 Å². The van der Waals surface area contributed by atoms with Gasteiger partial charge >= 0.3 is 5.97 Å². The molecule has 19 heavy (non-hydrogen) atoms. The molecule has 0 saturated heterocycles. The molecule has 0 bridgehead atoms. The Morgan fingerprint density at radius 2 is 2.11 bits per heavy atom. The molecule has 1 unspecified atom stereocenters. The maximum absolute atomic E-state index is 12.2. The van der Waals surface area contributed by atoms with Crippen LogP contribution in [-0.2, 0) is 17.8 Å². The van der Waals surface area contributed by atoms with E-state index in [1.54, 1.807) is 12.1 Å². The summed E-state index contributed by atoms with van der Waals surface area (Å²) in [4.78, 5) is 25.0. The van der Waals surface area contributed by atoms with Crippen molar-refractivity contribution in [2.75, 3.05) is 6.54 Å². The van der Waals surface area contributed by atoms with Crippen LogP contribution in [0.1, 0.15) is 41.8 Å². The number of hydrogen-bond donors (Lipinski definition) is 1. The van der Waals surface area contributed by atoms with Crippen molar-refractivity contribution in [3.05, 3.63) is 34.9 Å². The predicted molar refractivity (Wildman–Crippen MR) is 72.0 cm³/mol. The molecule has 0 aliphatic carbocycles. The van der Waals surface area contributed by atoms with Crippen molar-refractivity contribution in [3.63, 3.8) is 0 Å². The molecular formula is C15H19NO3. The first-order valence-electron chi connectivity index (χ1n) is 6.66. The van der Waals surface area contributed by atoms with Crippen LogP contribution in [0.25, 0.3) is 0 Å². The van der Waals surface area contributed by atoms with Crippen molar-refractivity contribution in [1.29, 1.82) is 0 Å². The van der Waals surface area contributed by atoms with Crippen LogP contribution in [-0.4, -0.2) is 28.4 Å². The van der Waals surface area contributed by atoms with Gasteiger partial charge in [0, 0.05) is 19.0 Å². The molecule has 4 nitrogen and oxygen atoms in total. The number of aromatic carboxylic acids is 1. The number of benzene rings is 1. The first-order valence-corrected chi connectivity index (χ1v) is 6.66. The Bertz CT molecular complexity index is 510. The van der Waals surface area contributed by atoms with Gasteiger partial charge in [-0.05, 0) is 36.1 Å². The monoisotopic (exact) mass is 261 g/mol. The molecule has 1 aromatic rings. The maximum atomic E-state index is 12.2. The number of carbonyl (C=O) groups is 2. The highest BCUT2D eigenvalue weighted by Gasteiger charge is 2.24. The van der Waals surface area contributed by atoms with Gasteiger partial charge in [0.05, 0.1) is 5.56 Å². The summed E-state index contributed by atoms with van der Waals surface area (Å²) in [6.45, 7) is 5.19. The molecule has 2 rings (SSSR count). The molecule has 4 heteroatoms. The van der Waals surface area contributed by atoms with E-state index in [2.05, 4.69) is 0 Å². The minimum Gasteiger partial charge on any atom is -0.478 e. The van der Waals surface area contributed by atoms with E-state index in [0.717, 1.165) is 30.5 Å². The molecular weight excluding hydrogens is 242 g/mol. The third-order valence-electron chi connectivity index (χ3n) is 3.81. The Morgan fingerprint density at radius 1 is 1.37 bits per heavy atom. The first-order chi connectivity index (χ1) is 9.02. The van der Waals surface area contributed by atoms with Gasteiger partial charge in [0.25, 0.3) is 0 Å². The van der Waals surface area contributed by atoms with Gasteiger partial charge in [-0.2, -0.15) is 0 Å². The largest absolute Gasteiger partial charge is 0.478 e. The predicted octanol–water partition coefficient (Wildman–Crippen LogP) is 2.32. The number of amides is 1. The van der Waals surface area contributed by atoms with E-state index in [1.807, 2.05) is 24.8 Å². The van der Waals surface area contributed by atoms with Crippen molar-refractivity contribution < 1.29 is 14.7 Å². The van der Waals surface area contributed by atoms with Gasteiger partial charge in [-0.1, -0.05) is 19.9 Å². The topological polar surface area (TPSA) is 57.6 Å². The summed E-state index contributed by atoms with van der Waals surface area (Å²) in [5.74, 6) is -0.730. The molecule has 1 aromatic carbocycles. The fourth-order valence-electron chi connectivity index (χ4n) is 2.36. The van der Waals surface area contributed by atoms with Crippen LogP contribution in [0.2, 0.25) is 0 Å². The van der Waals surface area contributed by atoms with Crippen molar-refractivity contribution in [2.24, 2.45) is 5.92 Å². The normalized spacial score (nSPS) is 15.8. The zero-order valence-corrected chi connectivity index (χ0v) is 11.3. The molecule has 0 aromatic heterocycles. The minimum absolute atomic E-state index is 0.0317. The van der Waals surface area contributed by atoms with Crippen LogP contribution >= 0.6 is 0 Å². The number of fused-ring (bicyclic) bond motifs is 1. The summed E-state index contributed by atoms with van der Waals surface area (Å²) in [5, 5.41) is 9.01. The number of hydrogen-bond acceptors (Lipinski definition) is 2. The third kappa shape index (κ3) is 2.78. The Kier molecular flexibility index (Phi) is 3.88. The lowest BCUT2D eigenvalue weighted by molar-refractivity contribution is -0.136. The Hall–Kier alpha value is -1.84. The number of carboxylic acids is 1. The van der Waals surface area contributed by atoms with Crippen LogP contribution in [0.3, 0.4) is 0 Å². The lowest BCUT2D eigenvalue weighted by Gasteiger charge is -2.31. The summed E-state index contributed by atoms with van der Waals surface area (Å²) in [7, 11) is 0. The molecule has 102 valence electrons. The zero-order valence-electron chi connectivity index (χ0n) is 11.3. The van der Waals surface area contributed by atoms with Gasteiger partial charge in [-0.15, -0.1) is 0 Å². The highest BCUT2D eigenvalue weighted by molar-refractivity contribution is 5.88. The van der Waals surface area contributed by atoms with Gasteiger partial charge in [-0.3, -0.25) is 4.79 Å². The SMILES string of the molecule is CCC(C)C(=O)N1CCc2ccc(C(=O)O)cc2C1. The average molecular weight is 261 g/mol. The van der Waals surface area contributed by atoms with Crippen molar-refractivity contribution in [2.45, 2.75) is 33.2 Å².